The molecule has 4 rings (SSSR count). The van der Waals surface area contributed by atoms with E-state index in [1.807, 2.05) is 18.2 Å². The Balaban J connectivity index is 1.43. The number of nitrogens with one attached hydrogen (secondary N) is 1. The highest BCUT2D eigenvalue weighted by Crippen LogP contribution is 2.29. The number of likely N-dealkylation sites (tertiary alicyclic amines) is 1. The van der Waals surface area contributed by atoms with E-state index in [2.05, 4.69) is 11.4 Å². The van der Waals surface area contributed by atoms with E-state index in [1.165, 1.54) is 24.0 Å². The highest BCUT2D eigenvalue weighted by molar-refractivity contribution is 5.97. The Labute approximate surface area is 147 Å². The first-order chi connectivity index (χ1) is 12.2. The van der Waals surface area contributed by atoms with Crippen molar-refractivity contribution in [2.45, 2.75) is 38.6 Å². The second-order valence-corrected chi connectivity index (χ2v) is 6.89. The van der Waals surface area contributed by atoms with Gasteiger partial charge in [-0.05, 0) is 55.0 Å². The number of nitrogens with zero attached hydrogens (tertiary/aromatic N) is 1. The second-order valence-electron chi connectivity index (χ2n) is 6.89. The number of benzene rings is 1. The van der Waals surface area contributed by atoms with Crippen molar-refractivity contribution in [3.63, 3.8) is 0 Å². The molecule has 0 bridgehead atoms. The van der Waals surface area contributed by atoms with Gasteiger partial charge < -0.3 is 14.6 Å². The maximum absolute atomic E-state index is 12.7. The van der Waals surface area contributed by atoms with E-state index in [4.69, 9.17) is 4.42 Å². The van der Waals surface area contributed by atoms with Crippen LogP contribution in [0.25, 0.3) is 0 Å². The number of aryl methyl sites for hydroxylation is 1. The van der Waals surface area contributed by atoms with Crippen LogP contribution in [0.2, 0.25) is 0 Å². The largest absolute Gasteiger partial charge is 0.467 e. The summed E-state index contributed by atoms with van der Waals surface area (Å²) in [6, 6.07) is 9.77. The molecular weight excluding hydrogens is 316 g/mol. The molecule has 1 fully saturated rings. The average molecular weight is 338 g/mol. The van der Waals surface area contributed by atoms with Crippen molar-refractivity contribution in [2.75, 3.05) is 11.9 Å². The van der Waals surface area contributed by atoms with Gasteiger partial charge in [0.1, 0.15) is 5.76 Å². The van der Waals surface area contributed by atoms with Crippen LogP contribution in [0, 0.1) is 5.92 Å². The maximum atomic E-state index is 12.7. The molecule has 2 heterocycles. The minimum Gasteiger partial charge on any atom is -0.467 e. The number of amides is 2. The molecule has 1 aromatic heterocycles. The van der Waals surface area contributed by atoms with Gasteiger partial charge in [0.2, 0.25) is 11.8 Å². The van der Waals surface area contributed by atoms with Crippen LogP contribution in [0.5, 0.6) is 0 Å². The zero-order chi connectivity index (χ0) is 17.2. The summed E-state index contributed by atoms with van der Waals surface area (Å²) in [6.07, 6.45) is 6.33. The van der Waals surface area contributed by atoms with Gasteiger partial charge in [-0.15, -0.1) is 0 Å². The van der Waals surface area contributed by atoms with Crippen molar-refractivity contribution in [1.82, 2.24) is 4.90 Å². The van der Waals surface area contributed by atoms with Gasteiger partial charge in [0.05, 0.1) is 18.7 Å². The molecule has 130 valence electrons. The predicted molar refractivity (Wildman–Crippen MR) is 93.9 cm³/mol. The molecule has 0 saturated carbocycles. The summed E-state index contributed by atoms with van der Waals surface area (Å²) in [5.41, 5.74) is 3.52. The number of fused-ring (bicyclic) bond motifs is 1. The lowest BCUT2D eigenvalue weighted by molar-refractivity contribution is -0.128. The molecule has 1 saturated heterocycles. The van der Waals surface area contributed by atoms with Crippen LogP contribution in [0.1, 0.15) is 36.1 Å². The third-order valence-electron chi connectivity index (χ3n) is 5.17. The van der Waals surface area contributed by atoms with Crippen LogP contribution < -0.4 is 5.32 Å². The molecule has 2 aromatic rings. The minimum atomic E-state index is -0.304. The minimum absolute atomic E-state index is 0.00615. The van der Waals surface area contributed by atoms with Gasteiger partial charge >= 0.3 is 0 Å². The zero-order valence-corrected chi connectivity index (χ0v) is 14.2. The number of carbonyl (C=O) groups excluding carboxylic acids is 2. The molecule has 1 atom stereocenters. The molecule has 1 N–H and O–H groups in total. The summed E-state index contributed by atoms with van der Waals surface area (Å²) in [7, 11) is 0. The van der Waals surface area contributed by atoms with E-state index in [0.717, 1.165) is 24.3 Å². The number of rotatable bonds is 4. The van der Waals surface area contributed by atoms with E-state index < -0.39 is 0 Å². The Morgan fingerprint density at radius 2 is 2.08 bits per heavy atom. The van der Waals surface area contributed by atoms with E-state index in [0.29, 0.717) is 13.1 Å². The molecule has 2 amide bonds. The number of hydrogen-bond donors (Lipinski definition) is 1. The van der Waals surface area contributed by atoms with Crippen molar-refractivity contribution < 1.29 is 14.0 Å². The molecule has 1 aliphatic heterocycles. The molecule has 25 heavy (non-hydrogen) atoms. The van der Waals surface area contributed by atoms with Gasteiger partial charge in [0.25, 0.3) is 0 Å². The highest BCUT2D eigenvalue weighted by Gasteiger charge is 2.35. The quantitative estimate of drug-likeness (QED) is 0.931. The molecule has 1 aliphatic carbocycles. The second kappa shape index (κ2) is 6.75. The van der Waals surface area contributed by atoms with E-state index in [-0.39, 0.29) is 24.2 Å². The van der Waals surface area contributed by atoms with Crippen molar-refractivity contribution in [2.24, 2.45) is 5.92 Å². The topological polar surface area (TPSA) is 62.6 Å². The number of anilines is 1. The molecule has 0 spiro atoms. The lowest BCUT2D eigenvalue weighted by Crippen LogP contribution is -2.28. The van der Waals surface area contributed by atoms with Gasteiger partial charge in [-0.25, -0.2) is 0 Å². The van der Waals surface area contributed by atoms with E-state index in [1.54, 1.807) is 17.2 Å². The molecule has 1 aromatic carbocycles. The van der Waals surface area contributed by atoms with Crippen LogP contribution in [-0.4, -0.2) is 23.3 Å². The van der Waals surface area contributed by atoms with Crippen LogP contribution in [-0.2, 0) is 29.0 Å². The average Bonchev–Trinajstić information content (AvgIpc) is 3.26. The summed E-state index contributed by atoms with van der Waals surface area (Å²) in [5.74, 6) is 0.384. The van der Waals surface area contributed by atoms with E-state index in [9.17, 15) is 9.59 Å². The number of hydrogen-bond acceptors (Lipinski definition) is 3. The highest BCUT2D eigenvalue weighted by atomic mass is 16.3. The Kier molecular flexibility index (Phi) is 4.30. The number of furan rings is 1. The molecule has 0 radical (unpaired) electrons. The third kappa shape index (κ3) is 3.31. The van der Waals surface area contributed by atoms with Crippen LogP contribution >= 0.6 is 0 Å². The molecular formula is C20H22N2O3. The van der Waals surface area contributed by atoms with Gasteiger partial charge in [0.15, 0.2) is 0 Å². The lowest BCUT2D eigenvalue weighted by atomic mass is 9.90. The molecule has 1 unspecified atom stereocenters. The van der Waals surface area contributed by atoms with Crippen molar-refractivity contribution in [1.29, 1.82) is 0 Å². The fourth-order valence-corrected chi connectivity index (χ4v) is 3.82. The normalized spacial score (nSPS) is 19.8. The molecule has 5 heteroatoms. The smallest absolute Gasteiger partial charge is 0.229 e. The SMILES string of the molecule is O=C(Nc1cccc2c1CCCC2)C1CC(=O)N(Cc2ccco2)C1. The summed E-state index contributed by atoms with van der Waals surface area (Å²) in [6.45, 7) is 0.872. The summed E-state index contributed by atoms with van der Waals surface area (Å²) in [5, 5.41) is 3.07. The Bertz CT molecular complexity index is 782. The first kappa shape index (κ1) is 15.9. The monoisotopic (exact) mass is 338 g/mol. The van der Waals surface area contributed by atoms with Crippen molar-refractivity contribution >= 4 is 17.5 Å². The maximum Gasteiger partial charge on any atom is 0.229 e. The Morgan fingerprint density at radius 3 is 2.92 bits per heavy atom. The summed E-state index contributed by atoms with van der Waals surface area (Å²) >= 11 is 0. The summed E-state index contributed by atoms with van der Waals surface area (Å²) < 4.78 is 5.30. The predicted octanol–water partition coefficient (Wildman–Crippen LogP) is 3.15. The first-order valence-corrected chi connectivity index (χ1v) is 8.92. The van der Waals surface area contributed by atoms with E-state index >= 15 is 0 Å². The number of carbonyl (C=O) groups is 2. The van der Waals surface area contributed by atoms with Gasteiger partial charge in [-0.2, -0.15) is 0 Å². The first-order valence-electron chi connectivity index (χ1n) is 8.92. The van der Waals surface area contributed by atoms with Gasteiger partial charge in [0, 0.05) is 18.7 Å². The van der Waals surface area contributed by atoms with Crippen LogP contribution in [0.4, 0.5) is 5.69 Å². The standard InChI is InChI=1S/C20H22N2O3/c23-19-11-15(12-22(19)13-16-7-4-10-25-16)20(24)21-18-9-3-6-14-5-1-2-8-17(14)18/h3-4,6-7,9-10,15H,1-2,5,8,11-13H2,(H,21,24). The lowest BCUT2D eigenvalue weighted by Gasteiger charge is -2.20. The summed E-state index contributed by atoms with van der Waals surface area (Å²) in [4.78, 5) is 26.6. The fourth-order valence-electron chi connectivity index (χ4n) is 3.82. The van der Waals surface area contributed by atoms with Gasteiger partial charge in [-0.3, -0.25) is 9.59 Å². The van der Waals surface area contributed by atoms with Crippen molar-refractivity contribution in [3.8, 4) is 0 Å². The van der Waals surface area contributed by atoms with Crippen LogP contribution in [0.15, 0.2) is 41.0 Å². The molecule has 2 aliphatic rings. The third-order valence-corrected chi connectivity index (χ3v) is 5.17. The van der Waals surface area contributed by atoms with Crippen LogP contribution in [0.3, 0.4) is 0 Å². The Morgan fingerprint density at radius 1 is 1.20 bits per heavy atom. The molecule has 5 nitrogen and oxygen atoms in total. The fraction of sp³-hybridized carbons (Fsp3) is 0.400. The zero-order valence-electron chi connectivity index (χ0n) is 14.2. The Hall–Kier alpha value is -2.56. The van der Waals surface area contributed by atoms with Gasteiger partial charge in [-0.1, -0.05) is 12.1 Å². The van der Waals surface area contributed by atoms with Crippen molar-refractivity contribution in [3.05, 3.63) is 53.5 Å².